The lowest BCUT2D eigenvalue weighted by Gasteiger charge is -2.01. The van der Waals surface area contributed by atoms with Gasteiger partial charge in [0.05, 0.1) is 5.56 Å². The fourth-order valence-corrected chi connectivity index (χ4v) is 2.13. The zero-order chi connectivity index (χ0) is 11.8. The van der Waals surface area contributed by atoms with Crippen LogP contribution in [0.3, 0.4) is 0 Å². The molecule has 0 unspecified atom stereocenters. The van der Waals surface area contributed by atoms with Crippen molar-refractivity contribution < 1.29 is 4.79 Å². The molecular formula is C12H16N2OS. The molecule has 1 heterocycles. The molecule has 0 bridgehead atoms. The second-order valence-electron chi connectivity index (χ2n) is 3.50. The second-order valence-corrected chi connectivity index (χ2v) is 4.50. The van der Waals surface area contributed by atoms with E-state index in [-0.39, 0.29) is 5.91 Å². The molecule has 1 rings (SSSR count). The molecule has 0 aliphatic rings. The third-order valence-corrected chi connectivity index (χ3v) is 3.10. The number of rotatable bonds is 7. The van der Waals surface area contributed by atoms with Gasteiger partial charge in [-0.3, -0.25) is 4.79 Å². The van der Waals surface area contributed by atoms with Crippen molar-refractivity contribution in [3.63, 3.8) is 0 Å². The number of nitrogens with two attached hydrogens (primary N) is 1. The Morgan fingerprint density at radius 1 is 1.56 bits per heavy atom. The fraction of sp³-hybridized carbons (Fsp3) is 0.417. The number of unbranched alkanes of at least 4 members (excludes halogenated alkanes) is 2. The first-order chi connectivity index (χ1) is 7.74. The van der Waals surface area contributed by atoms with Gasteiger partial charge in [0.15, 0.2) is 0 Å². The summed E-state index contributed by atoms with van der Waals surface area (Å²) in [7, 11) is 0. The minimum atomic E-state index is -0.364. The maximum Gasteiger partial charge on any atom is 0.249 e. The molecule has 3 nitrogen and oxygen atoms in total. The average molecular weight is 236 g/mol. The summed E-state index contributed by atoms with van der Waals surface area (Å²) in [5.74, 6) is 2.25. The van der Waals surface area contributed by atoms with Crippen molar-refractivity contribution in [3.05, 3.63) is 21.9 Å². The molecule has 16 heavy (non-hydrogen) atoms. The Labute approximate surface area is 100 Å². The summed E-state index contributed by atoms with van der Waals surface area (Å²) < 4.78 is 0. The Balaban J connectivity index is 2.17. The van der Waals surface area contributed by atoms with Crippen LogP contribution in [-0.4, -0.2) is 12.5 Å². The maximum atomic E-state index is 10.9. The van der Waals surface area contributed by atoms with Crippen molar-refractivity contribution in [2.45, 2.75) is 25.8 Å². The highest BCUT2D eigenvalue weighted by Gasteiger charge is 2.03. The summed E-state index contributed by atoms with van der Waals surface area (Å²) in [6.07, 6.45) is 8.13. The Morgan fingerprint density at radius 2 is 2.38 bits per heavy atom. The molecule has 0 atom stereocenters. The summed E-state index contributed by atoms with van der Waals surface area (Å²) in [6.45, 7) is 1.74. The monoisotopic (exact) mass is 236 g/mol. The number of terminal acetylenes is 1. The van der Waals surface area contributed by atoms with E-state index >= 15 is 0 Å². The first-order valence-electron chi connectivity index (χ1n) is 5.25. The van der Waals surface area contributed by atoms with Gasteiger partial charge in [0, 0.05) is 23.2 Å². The zero-order valence-corrected chi connectivity index (χ0v) is 9.98. The first kappa shape index (κ1) is 12.8. The van der Waals surface area contributed by atoms with Gasteiger partial charge in [-0.25, -0.2) is 0 Å². The number of hydrogen-bond acceptors (Lipinski definition) is 3. The number of primary amides is 1. The molecule has 1 amide bonds. The van der Waals surface area contributed by atoms with Gasteiger partial charge in [0.25, 0.3) is 0 Å². The van der Waals surface area contributed by atoms with Crippen molar-refractivity contribution in [1.29, 1.82) is 0 Å². The van der Waals surface area contributed by atoms with E-state index in [0.29, 0.717) is 5.56 Å². The third kappa shape index (κ3) is 4.47. The van der Waals surface area contributed by atoms with E-state index in [0.717, 1.165) is 37.2 Å². The summed E-state index contributed by atoms with van der Waals surface area (Å²) in [4.78, 5) is 12.0. The summed E-state index contributed by atoms with van der Waals surface area (Å²) >= 11 is 1.55. The minimum Gasteiger partial charge on any atom is -0.366 e. The number of hydrogen-bond donors (Lipinski definition) is 2. The van der Waals surface area contributed by atoms with Gasteiger partial charge >= 0.3 is 0 Å². The van der Waals surface area contributed by atoms with Gasteiger partial charge in [0.1, 0.15) is 0 Å². The molecule has 0 radical (unpaired) electrons. The van der Waals surface area contributed by atoms with Gasteiger partial charge in [-0.2, -0.15) is 0 Å². The van der Waals surface area contributed by atoms with Crippen molar-refractivity contribution in [2.24, 2.45) is 5.73 Å². The molecule has 86 valence electrons. The van der Waals surface area contributed by atoms with E-state index in [4.69, 9.17) is 12.2 Å². The Bertz CT molecular complexity index is 379. The van der Waals surface area contributed by atoms with Crippen molar-refractivity contribution in [3.8, 4) is 12.3 Å². The lowest BCUT2D eigenvalue weighted by Crippen LogP contribution is -2.14. The molecule has 0 aromatic carbocycles. The minimum absolute atomic E-state index is 0.364. The van der Waals surface area contributed by atoms with Crippen LogP contribution in [0.25, 0.3) is 0 Å². The highest BCUT2D eigenvalue weighted by atomic mass is 32.1. The molecular weight excluding hydrogens is 220 g/mol. The predicted molar refractivity (Wildman–Crippen MR) is 67.2 cm³/mol. The van der Waals surface area contributed by atoms with E-state index in [1.54, 1.807) is 16.7 Å². The van der Waals surface area contributed by atoms with Crippen LogP contribution in [0.15, 0.2) is 11.4 Å². The van der Waals surface area contributed by atoms with E-state index in [2.05, 4.69) is 11.2 Å². The van der Waals surface area contributed by atoms with Gasteiger partial charge in [-0.15, -0.1) is 23.7 Å². The van der Waals surface area contributed by atoms with Crippen LogP contribution in [-0.2, 0) is 6.54 Å². The Morgan fingerprint density at radius 3 is 3.00 bits per heavy atom. The quantitative estimate of drug-likeness (QED) is 0.559. The Hall–Kier alpha value is -1.31. The summed E-state index contributed by atoms with van der Waals surface area (Å²) in [6, 6.07) is 1.83. The molecule has 4 heteroatoms. The van der Waals surface area contributed by atoms with Gasteiger partial charge < -0.3 is 11.1 Å². The smallest absolute Gasteiger partial charge is 0.249 e. The van der Waals surface area contributed by atoms with E-state index in [9.17, 15) is 4.79 Å². The number of thiophene rings is 1. The number of carbonyl (C=O) groups excluding carboxylic acids is 1. The maximum absolute atomic E-state index is 10.9. The summed E-state index contributed by atoms with van der Waals surface area (Å²) in [5.41, 5.74) is 5.76. The van der Waals surface area contributed by atoms with Crippen LogP contribution < -0.4 is 11.1 Å². The van der Waals surface area contributed by atoms with Crippen LogP contribution in [0.5, 0.6) is 0 Å². The van der Waals surface area contributed by atoms with E-state index < -0.39 is 0 Å². The van der Waals surface area contributed by atoms with Gasteiger partial charge in [0.2, 0.25) is 5.91 Å². The third-order valence-electron chi connectivity index (χ3n) is 2.16. The van der Waals surface area contributed by atoms with Gasteiger partial charge in [-0.1, -0.05) is 0 Å². The van der Waals surface area contributed by atoms with Crippen LogP contribution >= 0.6 is 11.3 Å². The highest BCUT2D eigenvalue weighted by molar-refractivity contribution is 7.10. The summed E-state index contributed by atoms with van der Waals surface area (Å²) in [5, 5.41) is 5.09. The predicted octanol–water partition coefficient (Wildman–Crippen LogP) is 1.74. The highest BCUT2D eigenvalue weighted by Crippen LogP contribution is 2.13. The van der Waals surface area contributed by atoms with Crippen molar-refractivity contribution in [2.75, 3.05) is 6.54 Å². The number of amides is 1. The van der Waals surface area contributed by atoms with Crippen molar-refractivity contribution in [1.82, 2.24) is 5.32 Å². The van der Waals surface area contributed by atoms with Crippen LogP contribution in [0.4, 0.5) is 0 Å². The van der Waals surface area contributed by atoms with E-state index in [1.807, 2.05) is 6.07 Å². The normalized spacial score (nSPS) is 9.94. The molecule has 1 aromatic rings. The molecule has 3 N–H and O–H groups in total. The van der Waals surface area contributed by atoms with Crippen LogP contribution in [0, 0.1) is 12.3 Å². The molecule has 0 saturated heterocycles. The molecule has 0 fully saturated rings. The van der Waals surface area contributed by atoms with E-state index in [1.165, 1.54) is 0 Å². The van der Waals surface area contributed by atoms with Crippen LogP contribution in [0.1, 0.15) is 34.5 Å². The molecule has 0 spiro atoms. The second kappa shape index (κ2) is 7.04. The Kier molecular flexibility index (Phi) is 5.62. The topological polar surface area (TPSA) is 55.1 Å². The van der Waals surface area contributed by atoms with Crippen LogP contribution in [0.2, 0.25) is 0 Å². The standard InChI is InChI=1S/C12H16N2OS/c1-2-3-4-5-6-14-8-11-7-10(9-16-11)12(13)15/h1,7,9,14H,3-6,8H2,(H2,13,15). The SMILES string of the molecule is C#CCCCCNCc1cc(C(N)=O)cs1. The lowest BCUT2D eigenvalue weighted by molar-refractivity contribution is 0.100. The van der Waals surface area contributed by atoms with Crippen molar-refractivity contribution >= 4 is 17.2 Å². The molecule has 0 aliphatic heterocycles. The molecule has 0 saturated carbocycles. The average Bonchev–Trinajstić information content (AvgIpc) is 2.72. The molecule has 0 aliphatic carbocycles. The first-order valence-corrected chi connectivity index (χ1v) is 6.13. The number of nitrogens with one attached hydrogen (secondary N) is 1. The van der Waals surface area contributed by atoms with Gasteiger partial charge in [-0.05, 0) is 25.5 Å². The zero-order valence-electron chi connectivity index (χ0n) is 9.16. The molecule has 1 aromatic heterocycles. The lowest BCUT2D eigenvalue weighted by atomic mass is 10.2. The largest absolute Gasteiger partial charge is 0.366 e. The number of carbonyl (C=O) groups is 1. The fourth-order valence-electron chi connectivity index (χ4n) is 1.29.